The first-order valence-electron chi connectivity index (χ1n) is 5.92. The minimum Gasteiger partial charge on any atom is -0.451 e. The number of carbonyl (C=O) groups excluding carboxylic acids is 2. The van der Waals surface area contributed by atoms with Crippen molar-refractivity contribution in [2.75, 3.05) is 18.2 Å². The summed E-state index contributed by atoms with van der Waals surface area (Å²) >= 11 is 1.05. The summed E-state index contributed by atoms with van der Waals surface area (Å²) in [4.78, 5) is 26.5. The number of hydrogen-bond acceptors (Lipinski definition) is 4. The van der Waals surface area contributed by atoms with Crippen LogP contribution in [0.2, 0.25) is 0 Å². The Labute approximate surface area is 127 Å². The minimum absolute atomic E-state index is 0.0735. The lowest BCUT2D eigenvalue weighted by Crippen LogP contribution is -2.33. The van der Waals surface area contributed by atoms with Crippen LogP contribution in [-0.2, 0) is 4.74 Å². The number of anilines is 1. The number of thioether (sulfide) groups is 1. The zero-order valence-corrected chi connectivity index (χ0v) is 12.5. The topological polar surface area (TPSA) is 79.8 Å². The van der Waals surface area contributed by atoms with Gasteiger partial charge in [-0.3, -0.25) is 5.32 Å². The number of methoxy groups -OCH3 is 1. The van der Waals surface area contributed by atoms with Crippen LogP contribution in [-0.4, -0.2) is 30.2 Å². The molecule has 0 radical (unpaired) electrons. The van der Waals surface area contributed by atoms with Crippen molar-refractivity contribution in [3.05, 3.63) is 29.8 Å². The van der Waals surface area contributed by atoms with Gasteiger partial charge in [0.2, 0.25) is 0 Å². The van der Waals surface area contributed by atoms with Gasteiger partial charge < -0.3 is 10.1 Å². The maximum Gasteiger partial charge on any atom is 0.435 e. The fraction of sp³-hybridized carbons (Fsp3) is 0.214. The van der Waals surface area contributed by atoms with Gasteiger partial charge in [-0.25, -0.2) is 9.59 Å². The fourth-order valence-electron chi connectivity index (χ4n) is 1.23. The third-order valence-corrected chi connectivity index (χ3v) is 2.97. The average Bonchev–Trinajstić information content (AvgIpc) is 2.47. The first-order chi connectivity index (χ1) is 10.0. The molecule has 6 nitrogen and oxygen atoms in total. The second-order valence-corrected chi connectivity index (χ2v) is 4.79. The molecule has 2 N–H and O–H groups in total. The molecule has 1 aromatic rings. The van der Waals surface area contributed by atoms with Crippen molar-refractivity contribution < 1.29 is 14.3 Å². The van der Waals surface area contributed by atoms with E-state index in [0.717, 1.165) is 17.3 Å². The Morgan fingerprint density at radius 2 is 2.05 bits per heavy atom. The number of amides is 3. The Balaban J connectivity index is 2.67. The van der Waals surface area contributed by atoms with E-state index in [1.54, 1.807) is 12.1 Å². The highest BCUT2D eigenvalue weighted by Gasteiger charge is 2.09. The first-order valence-corrected chi connectivity index (χ1v) is 6.91. The molecule has 0 saturated heterocycles. The number of carbonyl (C=O) groups is 2. The molecule has 1 rings (SSSR count). The Morgan fingerprint density at radius 1 is 1.38 bits per heavy atom. The van der Waals surface area contributed by atoms with Crippen LogP contribution in [0.25, 0.3) is 0 Å². The molecule has 110 valence electrons. The third kappa shape index (κ3) is 6.49. The number of terminal acetylenes is 1. The van der Waals surface area contributed by atoms with Gasteiger partial charge >= 0.3 is 12.1 Å². The number of amidine groups is 1. The summed E-state index contributed by atoms with van der Waals surface area (Å²) in [6.07, 6.45) is 4.32. The molecule has 0 spiro atoms. The standard InChI is InChI=1S/C14H15N3O3S/c1-4-9-21-13(17-14(19)20-3)16-12(18)15-11-7-5-10(2)6-8-11/h1,5-8H,9H2,2-3H3,(H2,15,16,17,18,19). The largest absolute Gasteiger partial charge is 0.451 e. The maximum atomic E-state index is 11.8. The molecule has 0 aliphatic carbocycles. The minimum atomic E-state index is -0.815. The fourth-order valence-corrected chi connectivity index (χ4v) is 1.76. The van der Waals surface area contributed by atoms with Gasteiger partial charge in [-0.05, 0) is 19.1 Å². The van der Waals surface area contributed by atoms with Gasteiger partial charge in [0.05, 0.1) is 12.9 Å². The highest BCUT2D eigenvalue weighted by molar-refractivity contribution is 8.14. The summed E-state index contributed by atoms with van der Waals surface area (Å²) in [5.41, 5.74) is 1.70. The molecule has 0 aliphatic heterocycles. The van der Waals surface area contributed by atoms with Crippen molar-refractivity contribution >= 4 is 34.7 Å². The van der Waals surface area contributed by atoms with Crippen LogP contribution in [0, 0.1) is 19.3 Å². The number of aryl methyl sites for hydroxylation is 1. The Kier molecular flexibility index (Phi) is 6.84. The van der Waals surface area contributed by atoms with Crippen LogP contribution in [0.15, 0.2) is 29.3 Å². The van der Waals surface area contributed by atoms with Crippen molar-refractivity contribution in [2.45, 2.75) is 6.92 Å². The highest BCUT2D eigenvalue weighted by atomic mass is 32.2. The molecule has 0 atom stereocenters. The van der Waals surface area contributed by atoms with Gasteiger partial charge in [0, 0.05) is 5.69 Å². The molecular weight excluding hydrogens is 290 g/mol. The molecule has 0 aromatic heterocycles. The summed E-state index contributed by atoms with van der Waals surface area (Å²) in [6, 6.07) is 6.74. The summed E-state index contributed by atoms with van der Waals surface area (Å²) in [7, 11) is 1.20. The lowest BCUT2D eigenvalue weighted by atomic mass is 10.2. The second-order valence-electron chi connectivity index (χ2n) is 3.82. The van der Waals surface area contributed by atoms with Gasteiger partial charge in [-0.1, -0.05) is 35.4 Å². The van der Waals surface area contributed by atoms with Crippen molar-refractivity contribution in [3.8, 4) is 12.3 Å². The number of nitrogens with one attached hydrogen (secondary N) is 2. The summed E-state index contributed by atoms with van der Waals surface area (Å²) in [5, 5.41) is 5.14. The monoisotopic (exact) mass is 305 g/mol. The van der Waals surface area contributed by atoms with Crippen LogP contribution in [0.5, 0.6) is 0 Å². The summed E-state index contributed by atoms with van der Waals surface area (Å²) < 4.78 is 4.41. The quantitative estimate of drug-likeness (QED) is 0.500. The number of nitrogens with zero attached hydrogens (tertiary/aromatic N) is 1. The zero-order valence-electron chi connectivity index (χ0n) is 11.7. The van der Waals surface area contributed by atoms with E-state index in [2.05, 4.69) is 26.3 Å². The van der Waals surface area contributed by atoms with E-state index in [9.17, 15) is 9.59 Å². The van der Waals surface area contributed by atoms with Crippen LogP contribution < -0.4 is 10.6 Å². The lowest BCUT2D eigenvalue weighted by molar-refractivity contribution is 0.182. The van der Waals surface area contributed by atoms with E-state index >= 15 is 0 Å². The van der Waals surface area contributed by atoms with Crippen molar-refractivity contribution in [1.29, 1.82) is 0 Å². The normalized spacial score (nSPS) is 10.4. The van der Waals surface area contributed by atoms with Gasteiger partial charge in [0.1, 0.15) is 0 Å². The van der Waals surface area contributed by atoms with Gasteiger partial charge in [0.25, 0.3) is 0 Å². The molecule has 0 saturated carbocycles. The third-order valence-electron chi connectivity index (χ3n) is 2.19. The summed E-state index contributed by atoms with van der Waals surface area (Å²) in [6.45, 7) is 1.95. The smallest absolute Gasteiger partial charge is 0.435 e. The number of rotatable bonds is 2. The molecule has 3 amide bonds. The highest BCUT2D eigenvalue weighted by Crippen LogP contribution is 2.09. The van der Waals surface area contributed by atoms with Gasteiger partial charge in [-0.15, -0.1) is 6.42 Å². The number of ether oxygens (including phenoxy) is 1. The molecule has 1 aromatic carbocycles. The second kappa shape index (κ2) is 8.66. The predicted octanol–water partition coefficient (Wildman–Crippen LogP) is 2.61. The Bertz CT molecular complexity index is 576. The van der Waals surface area contributed by atoms with E-state index in [1.165, 1.54) is 7.11 Å². The number of urea groups is 1. The van der Waals surface area contributed by atoms with E-state index in [1.807, 2.05) is 19.1 Å². The van der Waals surface area contributed by atoms with Crippen LogP contribution in [0.1, 0.15) is 5.56 Å². The van der Waals surface area contributed by atoms with E-state index in [0.29, 0.717) is 5.69 Å². The molecule has 7 heteroatoms. The van der Waals surface area contributed by atoms with E-state index in [4.69, 9.17) is 6.42 Å². The SMILES string of the molecule is C#CCSC(=NC(=O)OC)NC(=O)Nc1ccc(C)cc1. The average molecular weight is 305 g/mol. The Morgan fingerprint density at radius 3 is 2.62 bits per heavy atom. The number of benzene rings is 1. The van der Waals surface area contributed by atoms with Crippen molar-refractivity contribution in [3.63, 3.8) is 0 Å². The van der Waals surface area contributed by atoms with E-state index in [-0.39, 0.29) is 10.9 Å². The summed E-state index contributed by atoms with van der Waals surface area (Å²) in [5.74, 6) is 2.64. The van der Waals surface area contributed by atoms with Crippen LogP contribution in [0.3, 0.4) is 0 Å². The molecule has 21 heavy (non-hydrogen) atoms. The van der Waals surface area contributed by atoms with E-state index < -0.39 is 12.1 Å². The van der Waals surface area contributed by atoms with Crippen LogP contribution >= 0.6 is 11.8 Å². The van der Waals surface area contributed by atoms with Gasteiger partial charge in [0.15, 0.2) is 5.17 Å². The molecule has 0 aliphatic rings. The zero-order chi connectivity index (χ0) is 15.7. The number of hydrogen-bond donors (Lipinski definition) is 2. The maximum absolute atomic E-state index is 11.8. The Hall–Kier alpha value is -2.46. The van der Waals surface area contributed by atoms with Crippen molar-refractivity contribution in [1.82, 2.24) is 5.32 Å². The van der Waals surface area contributed by atoms with Crippen LogP contribution in [0.4, 0.5) is 15.3 Å². The lowest BCUT2D eigenvalue weighted by Gasteiger charge is -2.08. The number of aliphatic imine (C=N–C) groups is 1. The molecule has 0 heterocycles. The van der Waals surface area contributed by atoms with Crippen molar-refractivity contribution in [2.24, 2.45) is 4.99 Å². The van der Waals surface area contributed by atoms with Gasteiger partial charge in [-0.2, -0.15) is 4.99 Å². The molecule has 0 unspecified atom stereocenters. The first kappa shape index (κ1) is 16.6. The molecular formula is C14H15N3O3S. The molecule has 0 fully saturated rings. The molecule has 0 bridgehead atoms. The predicted molar refractivity (Wildman–Crippen MR) is 84.5 cm³/mol.